The average molecular weight is 381 g/mol. The summed E-state index contributed by atoms with van der Waals surface area (Å²) in [6.07, 6.45) is 9.73. The lowest BCUT2D eigenvalue weighted by Gasteiger charge is -2.42. The SMILES string of the molecule is C=CCn1c(SCCC)nc2c(c1=O)C1(CCCCC1)Cc1ccccc1-2. The van der Waals surface area contributed by atoms with Gasteiger partial charge in [0.05, 0.1) is 11.3 Å². The molecule has 0 radical (unpaired) electrons. The Kier molecular flexibility index (Phi) is 5.27. The van der Waals surface area contributed by atoms with Crippen molar-refractivity contribution < 1.29 is 0 Å². The fourth-order valence-electron chi connectivity index (χ4n) is 4.82. The van der Waals surface area contributed by atoms with E-state index in [-0.39, 0.29) is 11.0 Å². The Morgan fingerprint density at radius 3 is 2.78 bits per heavy atom. The Hall–Kier alpha value is -1.81. The predicted molar refractivity (Wildman–Crippen MR) is 114 cm³/mol. The summed E-state index contributed by atoms with van der Waals surface area (Å²) in [7, 11) is 0. The Morgan fingerprint density at radius 1 is 1.26 bits per heavy atom. The maximum Gasteiger partial charge on any atom is 0.258 e. The molecule has 1 fully saturated rings. The van der Waals surface area contributed by atoms with Crippen molar-refractivity contribution in [3.8, 4) is 11.3 Å². The first-order valence-corrected chi connectivity index (χ1v) is 11.2. The second-order valence-corrected chi connectivity index (χ2v) is 8.91. The standard InChI is InChI=1S/C23H28N2OS/c1-3-14-25-21(26)19-20(24-22(25)27-15-4-2)18-11-7-6-10-17(18)16-23(19)12-8-5-9-13-23/h3,6-7,10-11H,1,4-5,8-9,12-16H2,2H3. The van der Waals surface area contributed by atoms with Crippen LogP contribution in [0.15, 0.2) is 46.9 Å². The Labute approximate surface area is 165 Å². The number of allylic oxidation sites excluding steroid dienone is 1. The van der Waals surface area contributed by atoms with Gasteiger partial charge in [0, 0.05) is 23.3 Å². The van der Waals surface area contributed by atoms with E-state index in [4.69, 9.17) is 4.98 Å². The van der Waals surface area contributed by atoms with Gasteiger partial charge in [-0.05, 0) is 31.2 Å². The van der Waals surface area contributed by atoms with Crippen LogP contribution in [0, 0.1) is 0 Å². The molecule has 27 heavy (non-hydrogen) atoms. The molecule has 4 rings (SSSR count). The van der Waals surface area contributed by atoms with Crippen LogP contribution in [0.3, 0.4) is 0 Å². The normalized spacial score (nSPS) is 17.4. The summed E-state index contributed by atoms with van der Waals surface area (Å²) < 4.78 is 1.86. The van der Waals surface area contributed by atoms with E-state index in [1.165, 1.54) is 24.8 Å². The van der Waals surface area contributed by atoms with Crippen LogP contribution in [0.1, 0.15) is 56.6 Å². The monoisotopic (exact) mass is 380 g/mol. The van der Waals surface area contributed by atoms with Crippen LogP contribution in [0.2, 0.25) is 0 Å². The highest BCUT2D eigenvalue weighted by molar-refractivity contribution is 7.99. The number of aromatic nitrogens is 2. The van der Waals surface area contributed by atoms with Crippen LogP contribution in [0.5, 0.6) is 0 Å². The van der Waals surface area contributed by atoms with Crippen LogP contribution in [0.25, 0.3) is 11.3 Å². The van der Waals surface area contributed by atoms with Gasteiger partial charge in [0.15, 0.2) is 5.16 Å². The van der Waals surface area contributed by atoms with Gasteiger partial charge in [-0.2, -0.15) is 0 Å². The van der Waals surface area contributed by atoms with E-state index in [2.05, 4.69) is 37.8 Å². The van der Waals surface area contributed by atoms with Crippen molar-refractivity contribution in [2.75, 3.05) is 5.75 Å². The van der Waals surface area contributed by atoms with Gasteiger partial charge in [0.1, 0.15) is 0 Å². The molecular weight excluding hydrogens is 352 g/mol. The zero-order chi connectivity index (χ0) is 18.9. The van der Waals surface area contributed by atoms with Gasteiger partial charge >= 0.3 is 0 Å². The molecular formula is C23H28N2OS. The second kappa shape index (κ2) is 7.67. The highest BCUT2D eigenvalue weighted by Crippen LogP contribution is 2.48. The van der Waals surface area contributed by atoms with Gasteiger partial charge in [0.2, 0.25) is 0 Å². The average Bonchev–Trinajstić information content (AvgIpc) is 2.69. The highest BCUT2D eigenvalue weighted by atomic mass is 32.2. The van der Waals surface area contributed by atoms with Crippen molar-refractivity contribution in [1.82, 2.24) is 9.55 Å². The minimum absolute atomic E-state index is 0.0388. The van der Waals surface area contributed by atoms with Crippen molar-refractivity contribution in [1.29, 1.82) is 0 Å². The molecule has 2 aliphatic rings. The van der Waals surface area contributed by atoms with Gasteiger partial charge in [-0.1, -0.05) is 68.3 Å². The summed E-state index contributed by atoms with van der Waals surface area (Å²) in [5, 5.41) is 0.836. The van der Waals surface area contributed by atoms with Crippen LogP contribution in [-0.2, 0) is 18.4 Å². The summed E-state index contributed by atoms with van der Waals surface area (Å²) >= 11 is 1.69. The molecule has 1 heterocycles. The van der Waals surface area contributed by atoms with Crippen molar-refractivity contribution in [3.63, 3.8) is 0 Å². The number of rotatable bonds is 5. The fraction of sp³-hybridized carbons (Fsp3) is 0.478. The van der Waals surface area contributed by atoms with Gasteiger partial charge < -0.3 is 0 Å². The predicted octanol–water partition coefficient (Wildman–Crippen LogP) is 5.36. The van der Waals surface area contributed by atoms with Gasteiger partial charge in [0.25, 0.3) is 5.56 Å². The third-order valence-electron chi connectivity index (χ3n) is 6.02. The molecule has 0 aliphatic heterocycles. The summed E-state index contributed by atoms with van der Waals surface area (Å²) in [5.74, 6) is 0.967. The topological polar surface area (TPSA) is 34.9 Å². The third kappa shape index (κ3) is 3.18. The van der Waals surface area contributed by atoms with Crippen LogP contribution < -0.4 is 5.56 Å². The number of nitrogens with zero attached hydrogens (tertiary/aromatic N) is 2. The van der Waals surface area contributed by atoms with E-state index in [9.17, 15) is 4.79 Å². The second-order valence-electron chi connectivity index (χ2n) is 7.85. The lowest BCUT2D eigenvalue weighted by atomic mass is 9.62. The van der Waals surface area contributed by atoms with E-state index in [1.807, 2.05) is 10.6 Å². The van der Waals surface area contributed by atoms with E-state index < -0.39 is 0 Å². The third-order valence-corrected chi connectivity index (χ3v) is 7.21. The van der Waals surface area contributed by atoms with Crippen molar-refractivity contribution in [2.45, 2.75) is 69.0 Å². The zero-order valence-electron chi connectivity index (χ0n) is 16.2. The van der Waals surface area contributed by atoms with E-state index >= 15 is 0 Å². The Morgan fingerprint density at radius 2 is 2.04 bits per heavy atom. The number of fused-ring (bicyclic) bond motifs is 4. The van der Waals surface area contributed by atoms with Crippen LogP contribution >= 0.6 is 11.8 Å². The Bertz CT molecular complexity index is 909. The van der Waals surface area contributed by atoms with Crippen LogP contribution in [0.4, 0.5) is 0 Å². The molecule has 1 saturated carbocycles. The highest BCUT2D eigenvalue weighted by Gasteiger charge is 2.43. The molecule has 0 amide bonds. The molecule has 0 unspecified atom stereocenters. The van der Waals surface area contributed by atoms with Gasteiger partial charge in [-0.25, -0.2) is 4.98 Å². The quantitative estimate of drug-likeness (QED) is 0.398. The molecule has 1 aromatic carbocycles. The molecule has 1 aromatic heterocycles. The Balaban J connectivity index is 1.99. The van der Waals surface area contributed by atoms with E-state index in [0.29, 0.717) is 6.54 Å². The smallest absolute Gasteiger partial charge is 0.258 e. The molecule has 3 nitrogen and oxygen atoms in total. The molecule has 142 valence electrons. The maximum atomic E-state index is 13.7. The molecule has 0 atom stereocenters. The van der Waals surface area contributed by atoms with Crippen molar-refractivity contribution in [2.24, 2.45) is 0 Å². The summed E-state index contributed by atoms with van der Waals surface area (Å²) in [5.41, 5.74) is 4.56. The first-order chi connectivity index (χ1) is 13.2. The molecule has 1 spiro atoms. The first-order valence-electron chi connectivity index (χ1n) is 10.2. The molecule has 0 bridgehead atoms. The van der Waals surface area contributed by atoms with E-state index in [0.717, 1.165) is 53.4 Å². The maximum absolute atomic E-state index is 13.7. The lowest BCUT2D eigenvalue weighted by Crippen LogP contribution is -2.43. The summed E-state index contributed by atoms with van der Waals surface area (Å²) in [6, 6.07) is 8.55. The summed E-state index contributed by atoms with van der Waals surface area (Å²) in [4.78, 5) is 18.8. The number of benzene rings is 1. The van der Waals surface area contributed by atoms with Gasteiger partial charge in [-0.15, -0.1) is 6.58 Å². The number of hydrogen-bond donors (Lipinski definition) is 0. The molecule has 2 aromatic rings. The zero-order valence-corrected chi connectivity index (χ0v) is 17.0. The van der Waals surface area contributed by atoms with Crippen molar-refractivity contribution >= 4 is 11.8 Å². The van der Waals surface area contributed by atoms with Crippen LogP contribution in [-0.4, -0.2) is 15.3 Å². The summed E-state index contributed by atoms with van der Waals surface area (Å²) in [6.45, 7) is 6.56. The van der Waals surface area contributed by atoms with Gasteiger partial charge in [-0.3, -0.25) is 9.36 Å². The van der Waals surface area contributed by atoms with E-state index in [1.54, 1.807) is 11.8 Å². The number of hydrogen-bond acceptors (Lipinski definition) is 3. The minimum atomic E-state index is -0.0388. The fourth-order valence-corrected chi connectivity index (χ4v) is 5.67. The molecule has 0 saturated heterocycles. The first kappa shape index (κ1) is 18.5. The molecule has 4 heteroatoms. The minimum Gasteiger partial charge on any atom is -0.283 e. The lowest BCUT2D eigenvalue weighted by molar-refractivity contribution is 0.282. The van der Waals surface area contributed by atoms with Crippen molar-refractivity contribution in [3.05, 3.63) is 58.4 Å². The largest absolute Gasteiger partial charge is 0.283 e. The number of thioether (sulfide) groups is 1. The molecule has 0 N–H and O–H groups in total. The molecule has 2 aliphatic carbocycles.